The molecule has 1 aliphatic carbocycles. The van der Waals surface area contributed by atoms with E-state index in [1.807, 2.05) is 4.57 Å². The van der Waals surface area contributed by atoms with Crippen LogP contribution in [-0.2, 0) is 6.54 Å². The molecular weight excluding hydrogens is 184 g/mol. The molecule has 13 heavy (non-hydrogen) atoms. The molecule has 0 aromatic carbocycles. The maximum absolute atomic E-state index is 5.66. The standard InChI is InChI=1S/C8H14N4S/c1-8(2)3-5(8)4-12-6(9)10-11-7(12)13/h5H,3-4H2,1-2H3,(H2,9,10)(H,11,13). The molecule has 0 amide bonds. The number of rotatable bonds is 2. The average Bonchev–Trinajstić information content (AvgIpc) is 2.52. The van der Waals surface area contributed by atoms with E-state index in [1.54, 1.807) is 0 Å². The Morgan fingerprint density at radius 2 is 2.38 bits per heavy atom. The Kier molecular flexibility index (Phi) is 1.73. The average molecular weight is 198 g/mol. The van der Waals surface area contributed by atoms with E-state index in [2.05, 4.69) is 24.0 Å². The number of aromatic nitrogens is 3. The van der Waals surface area contributed by atoms with Crippen LogP contribution in [0.2, 0.25) is 0 Å². The third-order valence-electron chi connectivity index (χ3n) is 2.91. The molecule has 0 bridgehead atoms. The van der Waals surface area contributed by atoms with E-state index < -0.39 is 0 Å². The maximum Gasteiger partial charge on any atom is 0.220 e. The van der Waals surface area contributed by atoms with E-state index >= 15 is 0 Å². The topological polar surface area (TPSA) is 59.6 Å². The Balaban J connectivity index is 2.15. The molecule has 5 heteroatoms. The number of nitrogens with zero attached hydrogens (tertiary/aromatic N) is 2. The first-order valence-corrected chi connectivity index (χ1v) is 4.82. The second-order valence-electron chi connectivity index (χ2n) is 4.39. The van der Waals surface area contributed by atoms with Gasteiger partial charge in [-0.25, -0.2) is 5.10 Å². The van der Waals surface area contributed by atoms with Gasteiger partial charge in [0.05, 0.1) is 0 Å². The maximum atomic E-state index is 5.66. The summed E-state index contributed by atoms with van der Waals surface area (Å²) in [6, 6.07) is 0. The van der Waals surface area contributed by atoms with Gasteiger partial charge in [-0.2, -0.15) is 0 Å². The number of anilines is 1. The number of nitrogens with one attached hydrogen (secondary N) is 1. The molecule has 4 nitrogen and oxygen atoms in total. The van der Waals surface area contributed by atoms with Crippen molar-refractivity contribution in [3.63, 3.8) is 0 Å². The van der Waals surface area contributed by atoms with Gasteiger partial charge in [0, 0.05) is 6.54 Å². The van der Waals surface area contributed by atoms with Crippen molar-refractivity contribution in [2.45, 2.75) is 26.8 Å². The van der Waals surface area contributed by atoms with Gasteiger partial charge in [-0.15, -0.1) is 5.10 Å². The molecule has 0 radical (unpaired) electrons. The predicted octanol–water partition coefficient (Wildman–Crippen LogP) is 1.57. The Morgan fingerprint density at radius 3 is 2.77 bits per heavy atom. The van der Waals surface area contributed by atoms with Crippen LogP contribution in [0.1, 0.15) is 20.3 Å². The lowest BCUT2D eigenvalue weighted by Crippen LogP contribution is -2.07. The summed E-state index contributed by atoms with van der Waals surface area (Å²) >= 11 is 5.06. The number of hydrogen-bond acceptors (Lipinski definition) is 3. The second kappa shape index (κ2) is 2.57. The van der Waals surface area contributed by atoms with E-state index in [0.29, 0.717) is 22.1 Å². The predicted molar refractivity (Wildman–Crippen MR) is 53.7 cm³/mol. The van der Waals surface area contributed by atoms with Crippen molar-refractivity contribution in [3.05, 3.63) is 4.77 Å². The fraction of sp³-hybridized carbons (Fsp3) is 0.750. The van der Waals surface area contributed by atoms with Gasteiger partial charge in [-0.1, -0.05) is 13.8 Å². The summed E-state index contributed by atoms with van der Waals surface area (Å²) in [7, 11) is 0. The molecule has 0 aliphatic heterocycles. The van der Waals surface area contributed by atoms with Crippen LogP contribution < -0.4 is 5.73 Å². The lowest BCUT2D eigenvalue weighted by atomic mass is 10.1. The Morgan fingerprint density at radius 1 is 1.77 bits per heavy atom. The molecule has 1 unspecified atom stereocenters. The second-order valence-corrected chi connectivity index (χ2v) is 4.77. The molecule has 2 rings (SSSR count). The van der Waals surface area contributed by atoms with Gasteiger partial charge in [0.25, 0.3) is 0 Å². The molecule has 1 aromatic heterocycles. The highest BCUT2D eigenvalue weighted by Crippen LogP contribution is 2.52. The Bertz CT molecular complexity index is 376. The molecule has 1 aromatic rings. The van der Waals surface area contributed by atoms with Crippen molar-refractivity contribution in [2.75, 3.05) is 5.73 Å². The quantitative estimate of drug-likeness (QED) is 0.709. The van der Waals surface area contributed by atoms with Gasteiger partial charge in [-0.3, -0.25) is 4.57 Å². The third kappa shape index (κ3) is 1.48. The van der Waals surface area contributed by atoms with Gasteiger partial charge in [0.15, 0.2) is 4.77 Å². The molecule has 1 atom stereocenters. The monoisotopic (exact) mass is 198 g/mol. The summed E-state index contributed by atoms with van der Waals surface area (Å²) in [6.45, 7) is 5.42. The van der Waals surface area contributed by atoms with Crippen LogP contribution >= 0.6 is 12.2 Å². The fourth-order valence-corrected chi connectivity index (χ4v) is 1.83. The molecule has 3 N–H and O–H groups in total. The van der Waals surface area contributed by atoms with Crippen LogP contribution in [0.4, 0.5) is 5.95 Å². The molecule has 0 saturated heterocycles. The van der Waals surface area contributed by atoms with Gasteiger partial charge < -0.3 is 5.73 Å². The zero-order valence-electron chi connectivity index (χ0n) is 7.87. The Labute approximate surface area is 82.1 Å². The van der Waals surface area contributed by atoms with Crippen molar-refractivity contribution in [1.82, 2.24) is 14.8 Å². The largest absolute Gasteiger partial charge is 0.368 e. The number of H-pyrrole nitrogens is 1. The van der Waals surface area contributed by atoms with E-state index in [4.69, 9.17) is 18.0 Å². The Hall–Kier alpha value is -0.840. The minimum Gasteiger partial charge on any atom is -0.368 e. The highest BCUT2D eigenvalue weighted by Gasteiger charge is 2.45. The molecule has 0 spiro atoms. The van der Waals surface area contributed by atoms with Gasteiger partial charge in [-0.05, 0) is 30.0 Å². The SMILES string of the molecule is CC1(C)CC1Cn1c(N)n[nH]c1=S. The smallest absolute Gasteiger partial charge is 0.220 e. The first kappa shape index (κ1) is 8.74. The normalized spacial score (nSPS) is 24.6. The number of nitrogens with two attached hydrogens (primary N) is 1. The van der Waals surface area contributed by atoms with E-state index in [9.17, 15) is 0 Å². The summed E-state index contributed by atoms with van der Waals surface area (Å²) in [4.78, 5) is 0. The minimum atomic E-state index is 0.457. The summed E-state index contributed by atoms with van der Waals surface area (Å²) in [5, 5.41) is 6.56. The molecule has 1 saturated carbocycles. The first-order valence-electron chi connectivity index (χ1n) is 4.41. The van der Waals surface area contributed by atoms with Crippen LogP contribution in [0.25, 0.3) is 0 Å². The molecule has 1 fully saturated rings. The van der Waals surface area contributed by atoms with Gasteiger partial charge >= 0.3 is 0 Å². The van der Waals surface area contributed by atoms with Crippen LogP contribution in [-0.4, -0.2) is 14.8 Å². The van der Waals surface area contributed by atoms with Crippen molar-refractivity contribution in [2.24, 2.45) is 11.3 Å². The van der Waals surface area contributed by atoms with Crippen LogP contribution in [0.15, 0.2) is 0 Å². The summed E-state index contributed by atoms with van der Waals surface area (Å²) in [5.74, 6) is 1.19. The van der Waals surface area contributed by atoms with Crippen molar-refractivity contribution >= 4 is 18.2 Å². The lowest BCUT2D eigenvalue weighted by Gasteiger charge is -2.04. The zero-order valence-corrected chi connectivity index (χ0v) is 8.69. The molecule has 1 aliphatic rings. The van der Waals surface area contributed by atoms with Crippen LogP contribution in [0.3, 0.4) is 0 Å². The fourth-order valence-electron chi connectivity index (χ4n) is 1.61. The van der Waals surface area contributed by atoms with Crippen LogP contribution in [0, 0.1) is 16.1 Å². The van der Waals surface area contributed by atoms with Crippen LogP contribution in [0.5, 0.6) is 0 Å². The van der Waals surface area contributed by atoms with E-state index in [1.165, 1.54) is 6.42 Å². The van der Waals surface area contributed by atoms with Crippen molar-refractivity contribution < 1.29 is 0 Å². The zero-order chi connectivity index (χ0) is 9.64. The van der Waals surface area contributed by atoms with E-state index in [-0.39, 0.29) is 0 Å². The minimum absolute atomic E-state index is 0.457. The summed E-state index contributed by atoms with van der Waals surface area (Å²) in [5.41, 5.74) is 6.12. The first-order chi connectivity index (χ1) is 6.00. The lowest BCUT2D eigenvalue weighted by molar-refractivity contribution is 0.498. The molecule has 1 heterocycles. The number of nitrogen functional groups attached to an aromatic ring is 1. The number of hydrogen-bond donors (Lipinski definition) is 2. The molecular formula is C8H14N4S. The van der Waals surface area contributed by atoms with Gasteiger partial charge in [0.1, 0.15) is 0 Å². The number of aromatic amines is 1. The van der Waals surface area contributed by atoms with Gasteiger partial charge in [0.2, 0.25) is 5.95 Å². The highest BCUT2D eigenvalue weighted by atomic mass is 32.1. The summed E-state index contributed by atoms with van der Waals surface area (Å²) in [6.07, 6.45) is 1.25. The van der Waals surface area contributed by atoms with E-state index in [0.717, 1.165) is 6.54 Å². The van der Waals surface area contributed by atoms with Crippen molar-refractivity contribution in [3.8, 4) is 0 Å². The summed E-state index contributed by atoms with van der Waals surface area (Å²) < 4.78 is 2.49. The van der Waals surface area contributed by atoms with Crippen molar-refractivity contribution in [1.29, 1.82) is 0 Å². The third-order valence-corrected chi connectivity index (χ3v) is 3.22. The molecule has 72 valence electrons. The highest BCUT2D eigenvalue weighted by molar-refractivity contribution is 7.71.